The number of fused-ring (bicyclic) bond motifs is 1. The lowest BCUT2D eigenvalue weighted by atomic mass is 10.1. The summed E-state index contributed by atoms with van der Waals surface area (Å²) in [5, 5.41) is 9.33. The Morgan fingerprint density at radius 1 is 1.53 bits per heavy atom. The molecule has 0 aromatic heterocycles. The van der Waals surface area contributed by atoms with Crippen molar-refractivity contribution in [3.8, 4) is 0 Å². The molecule has 0 saturated carbocycles. The molecule has 0 aliphatic carbocycles. The van der Waals surface area contributed by atoms with E-state index in [1.54, 1.807) is 4.90 Å². The monoisotopic (exact) mass is 243 g/mol. The Balaban J connectivity index is 2.08. The summed E-state index contributed by atoms with van der Waals surface area (Å²) >= 11 is 0. The second-order valence-corrected chi connectivity index (χ2v) is 5.72. The number of hydrogen-bond donors (Lipinski definition) is 1. The largest absolute Gasteiger partial charge is 0.444 e. The molecule has 1 N–H and O–H groups in total. The summed E-state index contributed by atoms with van der Waals surface area (Å²) in [7, 11) is 0. The first-order valence-electron chi connectivity index (χ1n) is 6.16. The van der Waals surface area contributed by atoms with Crippen LogP contribution < -0.4 is 0 Å². The van der Waals surface area contributed by atoms with Gasteiger partial charge in [-0.3, -0.25) is 4.90 Å². The van der Waals surface area contributed by atoms with Crippen LogP contribution in [0.2, 0.25) is 0 Å². The third kappa shape index (κ3) is 2.55. The standard InChI is InChI=1S/C12H21NO4/c1-12(2,3)17-11(15)13-8(7-14)6-10-9(13)4-5-16-10/h8-10,14H,4-7H2,1-3H3/t8-,9-,10-/m1/s1. The summed E-state index contributed by atoms with van der Waals surface area (Å²) in [6, 6.07) is -0.0952. The lowest BCUT2D eigenvalue weighted by Gasteiger charge is -2.30. The molecule has 1 amide bonds. The van der Waals surface area contributed by atoms with Crippen molar-refractivity contribution in [1.29, 1.82) is 0 Å². The number of hydrogen-bond acceptors (Lipinski definition) is 4. The van der Waals surface area contributed by atoms with Gasteiger partial charge in [0.1, 0.15) is 5.60 Å². The molecule has 0 bridgehead atoms. The van der Waals surface area contributed by atoms with E-state index in [1.807, 2.05) is 20.8 Å². The third-order valence-electron chi connectivity index (χ3n) is 3.24. The van der Waals surface area contributed by atoms with Crippen LogP contribution in [-0.4, -0.2) is 53.1 Å². The van der Waals surface area contributed by atoms with Crippen LogP contribution >= 0.6 is 0 Å². The number of carbonyl (C=O) groups excluding carboxylic acids is 1. The second-order valence-electron chi connectivity index (χ2n) is 5.72. The highest BCUT2D eigenvalue weighted by molar-refractivity contribution is 5.69. The maximum atomic E-state index is 12.1. The number of aliphatic hydroxyl groups excluding tert-OH is 1. The number of likely N-dealkylation sites (tertiary alicyclic amines) is 1. The van der Waals surface area contributed by atoms with Crippen molar-refractivity contribution >= 4 is 6.09 Å². The minimum atomic E-state index is -0.505. The Hall–Kier alpha value is -0.810. The Morgan fingerprint density at radius 2 is 2.24 bits per heavy atom. The first-order valence-corrected chi connectivity index (χ1v) is 6.16. The van der Waals surface area contributed by atoms with Crippen molar-refractivity contribution in [3.63, 3.8) is 0 Å². The summed E-state index contributed by atoms with van der Waals surface area (Å²) < 4.78 is 10.9. The van der Waals surface area contributed by atoms with Gasteiger partial charge in [0.25, 0.3) is 0 Å². The number of rotatable bonds is 1. The zero-order chi connectivity index (χ0) is 12.6. The molecule has 98 valence electrons. The van der Waals surface area contributed by atoms with Crippen LogP contribution in [0.5, 0.6) is 0 Å². The minimum absolute atomic E-state index is 0.0321. The van der Waals surface area contributed by atoms with Gasteiger partial charge in [-0.25, -0.2) is 4.79 Å². The van der Waals surface area contributed by atoms with Gasteiger partial charge in [-0.05, 0) is 33.6 Å². The van der Waals surface area contributed by atoms with E-state index in [2.05, 4.69) is 0 Å². The van der Waals surface area contributed by atoms with Gasteiger partial charge in [-0.1, -0.05) is 0 Å². The molecule has 5 nitrogen and oxygen atoms in total. The smallest absolute Gasteiger partial charge is 0.410 e. The maximum absolute atomic E-state index is 12.1. The Bertz CT molecular complexity index is 299. The van der Waals surface area contributed by atoms with Gasteiger partial charge in [0.2, 0.25) is 0 Å². The van der Waals surface area contributed by atoms with Crippen molar-refractivity contribution in [2.75, 3.05) is 13.2 Å². The average molecular weight is 243 g/mol. The van der Waals surface area contributed by atoms with E-state index in [-0.39, 0.29) is 30.9 Å². The van der Waals surface area contributed by atoms with E-state index in [9.17, 15) is 9.90 Å². The lowest BCUT2D eigenvalue weighted by Crippen LogP contribution is -2.46. The summed E-state index contributed by atoms with van der Waals surface area (Å²) in [5.41, 5.74) is -0.505. The number of nitrogens with zero attached hydrogens (tertiary/aromatic N) is 1. The fourth-order valence-electron chi connectivity index (χ4n) is 2.59. The molecule has 0 aromatic rings. The molecule has 0 spiro atoms. The summed E-state index contributed by atoms with van der Waals surface area (Å²) in [4.78, 5) is 13.8. The Kier molecular flexibility index (Phi) is 3.32. The normalized spacial score (nSPS) is 32.7. The van der Waals surface area contributed by atoms with Gasteiger partial charge in [-0.15, -0.1) is 0 Å². The van der Waals surface area contributed by atoms with E-state index >= 15 is 0 Å². The van der Waals surface area contributed by atoms with Crippen molar-refractivity contribution in [2.24, 2.45) is 0 Å². The fraction of sp³-hybridized carbons (Fsp3) is 0.917. The molecular weight excluding hydrogens is 222 g/mol. The summed E-state index contributed by atoms with van der Waals surface area (Å²) in [5.74, 6) is 0. The number of carbonyl (C=O) groups is 1. The van der Waals surface area contributed by atoms with Crippen LogP contribution in [0.15, 0.2) is 0 Å². The Morgan fingerprint density at radius 3 is 2.82 bits per heavy atom. The van der Waals surface area contributed by atoms with Crippen molar-refractivity contribution < 1.29 is 19.4 Å². The topological polar surface area (TPSA) is 59.0 Å². The van der Waals surface area contributed by atoms with E-state index in [1.165, 1.54) is 0 Å². The van der Waals surface area contributed by atoms with E-state index in [0.717, 1.165) is 6.42 Å². The van der Waals surface area contributed by atoms with Gasteiger partial charge >= 0.3 is 6.09 Å². The fourth-order valence-corrected chi connectivity index (χ4v) is 2.59. The first kappa shape index (κ1) is 12.6. The second kappa shape index (κ2) is 4.46. The van der Waals surface area contributed by atoms with E-state index < -0.39 is 5.60 Å². The molecule has 0 radical (unpaired) electrons. The molecule has 2 fully saturated rings. The molecule has 2 heterocycles. The number of aliphatic hydroxyl groups is 1. The lowest BCUT2D eigenvalue weighted by molar-refractivity contribution is 0.00859. The summed E-state index contributed by atoms with van der Waals surface area (Å²) in [6.45, 7) is 6.19. The maximum Gasteiger partial charge on any atom is 0.410 e. The van der Waals surface area contributed by atoms with Gasteiger partial charge in [0, 0.05) is 6.61 Å². The van der Waals surface area contributed by atoms with Crippen molar-refractivity contribution in [2.45, 2.75) is 57.4 Å². The molecule has 3 atom stereocenters. The van der Waals surface area contributed by atoms with Crippen LogP contribution in [0.3, 0.4) is 0 Å². The van der Waals surface area contributed by atoms with E-state index in [4.69, 9.17) is 9.47 Å². The average Bonchev–Trinajstić information content (AvgIpc) is 2.71. The first-order chi connectivity index (χ1) is 7.92. The molecule has 2 rings (SSSR count). The summed E-state index contributed by atoms with van der Waals surface area (Å²) in [6.07, 6.45) is 1.27. The predicted molar refractivity (Wildman–Crippen MR) is 61.7 cm³/mol. The molecule has 0 unspecified atom stereocenters. The Labute approximate surface area is 102 Å². The molecule has 2 aliphatic heterocycles. The molecule has 5 heteroatoms. The number of amides is 1. The SMILES string of the molecule is CC(C)(C)OC(=O)N1[C@@H](CO)C[C@H]2OCC[C@H]21. The molecular formula is C12H21NO4. The molecule has 2 saturated heterocycles. The van der Waals surface area contributed by atoms with Gasteiger partial charge in [0.05, 0.1) is 24.8 Å². The van der Waals surface area contributed by atoms with Crippen LogP contribution in [0, 0.1) is 0 Å². The zero-order valence-corrected chi connectivity index (χ0v) is 10.7. The van der Waals surface area contributed by atoms with Gasteiger partial charge < -0.3 is 14.6 Å². The third-order valence-corrected chi connectivity index (χ3v) is 3.24. The van der Waals surface area contributed by atoms with Crippen LogP contribution in [0.4, 0.5) is 4.79 Å². The van der Waals surface area contributed by atoms with Crippen LogP contribution in [-0.2, 0) is 9.47 Å². The van der Waals surface area contributed by atoms with Gasteiger partial charge in [-0.2, -0.15) is 0 Å². The zero-order valence-electron chi connectivity index (χ0n) is 10.7. The predicted octanol–water partition coefficient (Wildman–Crippen LogP) is 1.15. The highest BCUT2D eigenvalue weighted by atomic mass is 16.6. The van der Waals surface area contributed by atoms with E-state index in [0.29, 0.717) is 13.0 Å². The molecule has 2 aliphatic rings. The quantitative estimate of drug-likeness (QED) is 0.750. The van der Waals surface area contributed by atoms with Crippen molar-refractivity contribution in [1.82, 2.24) is 4.90 Å². The molecule has 17 heavy (non-hydrogen) atoms. The van der Waals surface area contributed by atoms with Crippen LogP contribution in [0.1, 0.15) is 33.6 Å². The van der Waals surface area contributed by atoms with Gasteiger partial charge in [0.15, 0.2) is 0 Å². The highest BCUT2D eigenvalue weighted by Crippen LogP contribution is 2.34. The van der Waals surface area contributed by atoms with Crippen molar-refractivity contribution in [3.05, 3.63) is 0 Å². The highest BCUT2D eigenvalue weighted by Gasteiger charge is 2.48. The van der Waals surface area contributed by atoms with Crippen LogP contribution in [0.25, 0.3) is 0 Å². The number of ether oxygens (including phenoxy) is 2. The molecule has 0 aromatic carbocycles. The minimum Gasteiger partial charge on any atom is -0.444 e.